The van der Waals surface area contributed by atoms with E-state index in [-0.39, 0.29) is 5.91 Å². The molecule has 0 radical (unpaired) electrons. The average Bonchev–Trinajstić information content (AvgIpc) is 3.02. The van der Waals surface area contributed by atoms with Crippen LogP contribution in [-0.2, 0) is 11.2 Å². The summed E-state index contributed by atoms with van der Waals surface area (Å²) in [6.45, 7) is 3.41. The van der Waals surface area contributed by atoms with Crippen LogP contribution in [0.3, 0.4) is 0 Å². The molecule has 0 aliphatic carbocycles. The predicted octanol–water partition coefficient (Wildman–Crippen LogP) is 2.10. The molecule has 23 heavy (non-hydrogen) atoms. The number of halogens is 1. The number of piperazine rings is 1. The van der Waals surface area contributed by atoms with Crippen molar-refractivity contribution in [3.05, 3.63) is 35.2 Å². The summed E-state index contributed by atoms with van der Waals surface area (Å²) in [5.74, 6) is 1.11. The van der Waals surface area contributed by atoms with Gasteiger partial charge in [0.2, 0.25) is 17.6 Å². The van der Waals surface area contributed by atoms with Crippen LogP contribution >= 0.6 is 11.6 Å². The van der Waals surface area contributed by atoms with Crippen LogP contribution in [-0.4, -0.2) is 59.1 Å². The molecule has 1 aromatic heterocycles. The van der Waals surface area contributed by atoms with Crippen molar-refractivity contribution in [2.75, 3.05) is 33.2 Å². The Morgan fingerprint density at radius 2 is 2.09 bits per heavy atom. The largest absolute Gasteiger partial charge is 0.340 e. The maximum absolute atomic E-state index is 12.2. The minimum absolute atomic E-state index is 0.139. The summed E-state index contributed by atoms with van der Waals surface area (Å²) in [5, 5.41) is 4.58. The molecule has 0 saturated carbocycles. The van der Waals surface area contributed by atoms with Crippen LogP contribution in [0.5, 0.6) is 0 Å². The van der Waals surface area contributed by atoms with E-state index in [2.05, 4.69) is 22.1 Å². The summed E-state index contributed by atoms with van der Waals surface area (Å²) in [4.78, 5) is 20.7. The standard InChI is InChI=1S/C16H19ClN4O2/c1-20-7-9-21(10-8-20)15(22)6-5-14-18-16(19-23-14)12-3-2-4-13(17)11-12/h2-4,11H,5-10H2,1H3. The number of likely N-dealkylation sites (N-methyl/N-ethyl adjacent to an activating group) is 1. The molecule has 2 heterocycles. The number of amides is 1. The lowest BCUT2D eigenvalue weighted by Crippen LogP contribution is -2.47. The van der Waals surface area contributed by atoms with Gasteiger partial charge in [0.05, 0.1) is 0 Å². The molecular formula is C16H19ClN4O2. The third-order valence-electron chi connectivity index (χ3n) is 3.96. The zero-order valence-corrected chi connectivity index (χ0v) is 13.8. The maximum Gasteiger partial charge on any atom is 0.227 e. The molecule has 122 valence electrons. The first-order chi connectivity index (χ1) is 11.1. The molecule has 1 fully saturated rings. The molecule has 0 spiro atoms. The maximum atomic E-state index is 12.2. The number of aryl methyl sites for hydroxylation is 1. The smallest absolute Gasteiger partial charge is 0.227 e. The SMILES string of the molecule is CN1CCN(C(=O)CCc2nc(-c3cccc(Cl)c3)no2)CC1. The van der Waals surface area contributed by atoms with Gasteiger partial charge in [-0.05, 0) is 19.2 Å². The van der Waals surface area contributed by atoms with E-state index < -0.39 is 0 Å². The van der Waals surface area contributed by atoms with Crippen LogP contribution in [0.2, 0.25) is 5.02 Å². The summed E-state index contributed by atoms with van der Waals surface area (Å²) in [7, 11) is 2.07. The Kier molecular flexibility index (Phi) is 4.93. The van der Waals surface area contributed by atoms with E-state index in [9.17, 15) is 4.79 Å². The minimum Gasteiger partial charge on any atom is -0.340 e. The van der Waals surface area contributed by atoms with Crippen molar-refractivity contribution < 1.29 is 9.32 Å². The number of aromatic nitrogens is 2. The number of hydrogen-bond acceptors (Lipinski definition) is 5. The molecular weight excluding hydrogens is 316 g/mol. The third kappa shape index (κ3) is 4.09. The Morgan fingerprint density at radius 1 is 1.30 bits per heavy atom. The van der Waals surface area contributed by atoms with E-state index in [1.54, 1.807) is 12.1 Å². The van der Waals surface area contributed by atoms with E-state index in [0.29, 0.717) is 29.6 Å². The molecule has 6 nitrogen and oxygen atoms in total. The molecule has 1 amide bonds. The second-order valence-corrected chi connectivity index (χ2v) is 6.14. The van der Waals surface area contributed by atoms with Crippen molar-refractivity contribution in [1.82, 2.24) is 19.9 Å². The molecule has 1 aliphatic rings. The van der Waals surface area contributed by atoms with Crippen LogP contribution in [0.4, 0.5) is 0 Å². The van der Waals surface area contributed by atoms with Crippen molar-refractivity contribution in [2.45, 2.75) is 12.8 Å². The van der Waals surface area contributed by atoms with Crippen molar-refractivity contribution in [3.8, 4) is 11.4 Å². The third-order valence-corrected chi connectivity index (χ3v) is 4.19. The lowest BCUT2D eigenvalue weighted by molar-refractivity contribution is -0.132. The van der Waals surface area contributed by atoms with Gasteiger partial charge in [0.15, 0.2) is 0 Å². The molecule has 1 saturated heterocycles. The number of rotatable bonds is 4. The Labute approximate surface area is 140 Å². The Bertz CT molecular complexity index is 680. The van der Waals surface area contributed by atoms with Gasteiger partial charge < -0.3 is 14.3 Å². The van der Waals surface area contributed by atoms with E-state index >= 15 is 0 Å². The van der Waals surface area contributed by atoms with Crippen molar-refractivity contribution >= 4 is 17.5 Å². The first-order valence-corrected chi connectivity index (χ1v) is 8.04. The van der Waals surface area contributed by atoms with Gasteiger partial charge in [-0.15, -0.1) is 0 Å². The monoisotopic (exact) mass is 334 g/mol. The normalized spacial score (nSPS) is 15.8. The lowest BCUT2D eigenvalue weighted by atomic mass is 10.2. The summed E-state index contributed by atoms with van der Waals surface area (Å²) < 4.78 is 5.23. The van der Waals surface area contributed by atoms with Gasteiger partial charge in [-0.25, -0.2) is 0 Å². The summed E-state index contributed by atoms with van der Waals surface area (Å²) in [6, 6.07) is 7.28. The summed E-state index contributed by atoms with van der Waals surface area (Å²) in [6.07, 6.45) is 0.847. The van der Waals surface area contributed by atoms with Gasteiger partial charge in [0.1, 0.15) is 0 Å². The van der Waals surface area contributed by atoms with Crippen molar-refractivity contribution in [2.24, 2.45) is 0 Å². The second kappa shape index (κ2) is 7.10. The average molecular weight is 335 g/mol. The van der Waals surface area contributed by atoms with Crippen molar-refractivity contribution in [1.29, 1.82) is 0 Å². The second-order valence-electron chi connectivity index (χ2n) is 5.71. The van der Waals surface area contributed by atoms with Gasteiger partial charge >= 0.3 is 0 Å². The molecule has 1 aromatic carbocycles. The van der Waals surface area contributed by atoms with Crippen LogP contribution in [0.15, 0.2) is 28.8 Å². The highest BCUT2D eigenvalue weighted by molar-refractivity contribution is 6.30. The molecule has 0 unspecified atom stereocenters. The van der Waals surface area contributed by atoms with E-state index in [0.717, 1.165) is 31.7 Å². The number of benzene rings is 1. The molecule has 1 aliphatic heterocycles. The summed E-state index contributed by atoms with van der Waals surface area (Å²) >= 11 is 5.96. The highest BCUT2D eigenvalue weighted by Crippen LogP contribution is 2.20. The number of hydrogen-bond donors (Lipinski definition) is 0. The lowest BCUT2D eigenvalue weighted by Gasteiger charge is -2.32. The van der Waals surface area contributed by atoms with Crippen molar-refractivity contribution in [3.63, 3.8) is 0 Å². The first kappa shape index (κ1) is 16.0. The highest BCUT2D eigenvalue weighted by atomic mass is 35.5. The number of carbonyl (C=O) groups excluding carboxylic acids is 1. The number of carbonyl (C=O) groups is 1. The first-order valence-electron chi connectivity index (χ1n) is 7.66. The zero-order valence-electron chi connectivity index (χ0n) is 13.0. The fourth-order valence-electron chi connectivity index (χ4n) is 2.53. The highest BCUT2D eigenvalue weighted by Gasteiger charge is 2.19. The summed E-state index contributed by atoms with van der Waals surface area (Å²) in [5.41, 5.74) is 0.804. The van der Waals surface area contributed by atoms with E-state index in [1.165, 1.54) is 0 Å². The van der Waals surface area contributed by atoms with Gasteiger partial charge in [-0.1, -0.05) is 28.9 Å². The molecule has 2 aromatic rings. The van der Waals surface area contributed by atoms with E-state index in [4.69, 9.17) is 16.1 Å². The van der Waals surface area contributed by atoms with Gasteiger partial charge in [-0.3, -0.25) is 4.79 Å². The molecule has 3 rings (SSSR count). The van der Waals surface area contributed by atoms with Gasteiger partial charge in [-0.2, -0.15) is 4.98 Å². The number of nitrogens with zero attached hydrogens (tertiary/aromatic N) is 4. The quantitative estimate of drug-likeness (QED) is 0.856. The van der Waals surface area contributed by atoms with Gasteiger partial charge in [0.25, 0.3) is 0 Å². The predicted molar refractivity (Wildman–Crippen MR) is 87.1 cm³/mol. The molecule has 0 N–H and O–H groups in total. The fraction of sp³-hybridized carbons (Fsp3) is 0.438. The fourth-order valence-corrected chi connectivity index (χ4v) is 2.72. The topological polar surface area (TPSA) is 62.5 Å². The Hall–Kier alpha value is -1.92. The molecule has 7 heteroatoms. The Morgan fingerprint density at radius 3 is 2.83 bits per heavy atom. The minimum atomic E-state index is 0.139. The molecule has 0 atom stereocenters. The zero-order chi connectivity index (χ0) is 16.2. The van der Waals surface area contributed by atoms with Crippen LogP contribution in [0.1, 0.15) is 12.3 Å². The van der Waals surface area contributed by atoms with Crippen LogP contribution in [0, 0.1) is 0 Å². The van der Waals surface area contributed by atoms with E-state index in [1.807, 2.05) is 17.0 Å². The molecule has 0 bridgehead atoms. The van der Waals surface area contributed by atoms with Crippen LogP contribution in [0.25, 0.3) is 11.4 Å². The van der Waals surface area contributed by atoms with Gasteiger partial charge in [0, 0.05) is 49.6 Å². The Balaban J connectivity index is 1.56. The van der Waals surface area contributed by atoms with Crippen LogP contribution < -0.4 is 0 Å².